The van der Waals surface area contributed by atoms with E-state index < -0.39 is 11.9 Å². The first-order valence-electron chi connectivity index (χ1n) is 8.06. The topological polar surface area (TPSA) is 46.9 Å². The second kappa shape index (κ2) is 7.07. The maximum Gasteiger partial charge on any atom is 0.435 e. The lowest BCUT2D eigenvalue weighted by molar-refractivity contribution is -0.142. The highest BCUT2D eigenvalue weighted by molar-refractivity contribution is 6.30. The normalized spacial score (nSPS) is 14.2. The zero-order valence-electron chi connectivity index (χ0n) is 13.4. The number of rotatable bonds is 4. The molecule has 0 atom stereocenters. The minimum Gasteiger partial charge on any atom is -0.350 e. The SMILES string of the molecule is O=C(NCCn1nc(C(F)(F)F)c2c1CCCC2)c1cccc(Cl)c1. The Morgan fingerprint density at radius 3 is 2.76 bits per heavy atom. The molecule has 0 saturated heterocycles. The van der Waals surface area contributed by atoms with Crippen LogP contribution in [0.2, 0.25) is 5.02 Å². The highest BCUT2D eigenvalue weighted by Gasteiger charge is 2.39. The van der Waals surface area contributed by atoms with Gasteiger partial charge >= 0.3 is 6.18 Å². The summed E-state index contributed by atoms with van der Waals surface area (Å²) in [5, 5.41) is 6.90. The van der Waals surface area contributed by atoms with Gasteiger partial charge in [-0.25, -0.2) is 0 Å². The smallest absolute Gasteiger partial charge is 0.350 e. The summed E-state index contributed by atoms with van der Waals surface area (Å²) in [4.78, 5) is 12.1. The van der Waals surface area contributed by atoms with Crippen LogP contribution in [0.1, 0.15) is 40.2 Å². The lowest BCUT2D eigenvalue weighted by Gasteiger charge is -2.15. The van der Waals surface area contributed by atoms with Crippen LogP contribution in [0.4, 0.5) is 13.2 Å². The summed E-state index contributed by atoms with van der Waals surface area (Å²) in [5.74, 6) is -0.320. The lowest BCUT2D eigenvalue weighted by Crippen LogP contribution is -2.28. The number of hydrogen-bond acceptors (Lipinski definition) is 2. The minimum absolute atomic E-state index is 0.191. The number of nitrogens with one attached hydrogen (secondary N) is 1. The third kappa shape index (κ3) is 3.98. The summed E-state index contributed by atoms with van der Waals surface area (Å²) >= 11 is 5.84. The van der Waals surface area contributed by atoms with Crippen molar-refractivity contribution in [2.75, 3.05) is 6.54 Å². The Morgan fingerprint density at radius 2 is 2.04 bits per heavy atom. The van der Waals surface area contributed by atoms with E-state index in [9.17, 15) is 18.0 Å². The van der Waals surface area contributed by atoms with Crippen LogP contribution in [0.3, 0.4) is 0 Å². The number of alkyl halides is 3. The van der Waals surface area contributed by atoms with Crippen LogP contribution >= 0.6 is 11.6 Å². The zero-order valence-corrected chi connectivity index (χ0v) is 14.1. The third-order valence-corrected chi connectivity index (χ3v) is 4.46. The van der Waals surface area contributed by atoms with E-state index in [1.807, 2.05) is 0 Å². The fourth-order valence-corrected chi connectivity index (χ4v) is 3.28. The molecule has 1 N–H and O–H groups in total. The van der Waals surface area contributed by atoms with Crippen molar-refractivity contribution in [2.24, 2.45) is 0 Å². The third-order valence-electron chi connectivity index (χ3n) is 4.22. The Morgan fingerprint density at radius 1 is 1.28 bits per heavy atom. The van der Waals surface area contributed by atoms with Crippen LogP contribution in [0.5, 0.6) is 0 Å². The van der Waals surface area contributed by atoms with Crippen LogP contribution in [0.15, 0.2) is 24.3 Å². The number of halogens is 4. The van der Waals surface area contributed by atoms with Gasteiger partial charge in [0.15, 0.2) is 5.69 Å². The molecule has 0 saturated carbocycles. The molecule has 1 aromatic heterocycles. The summed E-state index contributed by atoms with van der Waals surface area (Å²) in [6.45, 7) is 0.390. The Hall–Kier alpha value is -2.02. The molecule has 8 heteroatoms. The van der Waals surface area contributed by atoms with E-state index in [1.54, 1.807) is 18.2 Å². The standard InChI is InChI=1S/C17H17ClF3N3O/c18-12-5-3-4-11(10-12)16(25)22-8-9-24-14-7-2-1-6-13(14)15(23-24)17(19,20)21/h3-5,10H,1-2,6-9H2,(H,22,25). The van der Waals surface area contributed by atoms with Gasteiger partial charge in [-0.05, 0) is 43.9 Å². The predicted molar refractivity (Wildman–Crippen MR) is 87.7 cm³/mol. The maximum absolute atomic E-state index is 13.1. The number of carbonyl (C=O) groups excluding carboxylic acids is 1. The molecule has 1 heterocycles. The number of hydrogen-bond donors (Lipinski definition) is 1. The molecule has 0 bridgehead atoms. The lowest BCUT2D eigenvalue weighted by atomic mass is 9.95. The van der Waals surface area contributed by atoms with Crippen molar-refractivity contribution in [3.05, 3.63) is 51.8 Å². The number of aromatic nitrogens is 2. The van der Waals surface area contributed by atoms with Gasteiger partial charge < -0.3 is 5.32 Å². The monoisotopic (exact) mass is 371 g/mol. The molecule has 0 spiro atoms. The zero-order chi connectivity index (χ0) is 18.0. The predicted octanol–water partition coefficient (Wildman–Crippen LogP) is 3.86. The molecule has 1 amide bonds. The van der Waals surface area contributed by atoms with Crippen molar-refractivity contribution in [1.29, 1.82) is 0 Å². The second-order valence-electron chi connectivity index (χ2n) is 5.97. The first kappa shape index (κ1) is 17.8. The van der Waals surface area contributed by atoms with Crippen LogP contribution in [0, 0.1) is 0 Å². The summed E-state index contributed by atoms with van der Waals surface area (Å²) in [6, 6.07) is 6.48. The molecule has 134 valence electrons. The van der Waals surface area contributed by atoms with Crippen molar-refractivity contribution in [3.63, 3.8) is 0 Å². The molecule has 3 rings (SSSR count). The van der Waals surface area contributed by atoms with E-state index >= 15 is 0 Å². The van der Waals surface area contributed by atoms with Gasteiger partial charge in [0.05, 0.1) is 6.54 Å². The van der Waals surface area contributed by atoms with Crippen molar-refractivity contribution in [2.45, 2.75) is 38.4 Å². The Bertz CT molecular complexity index is 786. The van der Waals surface area contributed by atoms with Crippen molar-refractivity contribution in [3.8, 4) is 0 Å². The van der Waals surface area contributed by atoms with Crippen molar-refractivity contribution < 1.29 is 18.0 Å². The molecule has 1 aromatic carbocycles. The first-order chi connectivity index (χ1) is 11.9. The number of nitrogens with zero attached hydrogens (tertiary/aromatic N) is 2. The molecule has 4 nitrogen and oxygen atoms in total. The highest BCUT2D eigenvalue weighted by atomic mass is 35.5. The Balaban J connectivity index is 1.69. The molecule has 0 aliphatic heterocycles. The van der Waals surface area contributed by atoms with E-state index in [0.717, 1.165) is 12.8 Å². The number of amides is 1. The summed E-state index contributed by atoms with van der Waals surface area (Å²) < 4.78 is 40.8. The van der Waals surface area contributed by atoms with Gasteiger partial charge in [0.2, 0.25) is 0 Å². The molecule has 0 unspecified atom stereocenters. The van der Waals surface area contributed by atoms with Gasteiger partial charge in [-0.1, -0.05) is 17.7 Å². The molecule has 2 aromatic rings. The number of fused-ring (bicyclic) bond motifs is 1. The summed E-state index contributed by atoms with van der Waals surface area (Å²) in [7, 11) is 0. The molecule has 1 aliphatic carbocycles. The fourth-order valence-electron chi connectivity index (χ4n) is 3.09. The Kier molecular flexibility index (Phi) is 5.03. The molecule has 25 heavy (non-hydrogen) atoms. The summed E-state index contributed by atoms with van der Waals surface area (Å²) in [5.41, 5.74) is 0.560. The quantitative estimate of drug-likeness (QED) is 0.887. The Labute approximate surface area is 148 Å². The first-order valence-corrected chi connectivity index (χ1v) is 8.43. The molecular weight excluding hydrogens is 355 g/mol. The van der Waals surface area contributed by atoms with Crippen molar-refractivity contribution >= 4 is 17.5 Å². The van der Waals surface area contributed by atoms with Gasteiger partial charge in [-0.3, -0.25) is 9.48 Å². The van der Waals surface area contributed by atoms with Crippen LogP contribution in [0.25, 0.3) is 0 Å². The van der Waals surface area contributed by atoms with E-state index in [-0.39, 0.29) is 19.0 Å². The highest BCUT2D eigenvalue weighted by Crippen LogP contribution is 2.35. The largest absolute Gasteiger partial charge is 0.435 e. The van der Waals surface area contributed by atoms with Crippen LogP contribution in [-0.2, 0) is 25.6 Å². The van der Waals surface area contributed by atoms with E-state index in [1.165, 1.54) is 10.7 Å². The van der Waals surface area contributed by atoms with Crippen LogP contribution < -0.4 is 5.32 Å². The molecule has 1 aliphatic rings. The average Bonchev–Trinajstić information content (AvgIpc) is 2.94. The van der Waals surface area contributed by atoms with Gasteiger partial charge in [-0.15, -0.1) is 0 Å². The van der Waals surface area contributed by atoms with E-state index in [4.69, 9.17) is 11.6 Å². The minimum atomic E-state index is -4.45. The molecule has 0 radical (unpaired) electrons. The molecule has 0 fully saturated rings. The van der Waals surface area contributed by atoms with Crippen molar-refractivity contribution in [1.82, 2.24) is 15.1 Å². The van der Waals surface area contributed by atoms with Crippen LogP contribution in [-0.4, -0.2) is 22.2 Å². The average molecular weight is 372 g/mol. The fraction of sp³-hybridized carbons (Fsp3) is 0.412. The van der Waals surface area contributed by atoms with E-state index in [0.29, 0.717) is 34.7 Å². The number of carbonyl (C=O) groups is 1. The number of benzene rings is 1. The summed E-state index contributed by atoms with van der Waals surface area (Å²) in [6.07, 6.45) is -1.87. The van der Waals surface area contributed by atoms with Gasteiger partial charge in [0.1, 0.15) is 0 Å². The maximum atomic E-state index is 13.1. The van der Waals surface area contributed by atoms with Gasteiger partial charge in [-0.2, -0.15) is 18.3 Å². The van der Waals surface area contributed by atoms with E-state index in [2.05, 4.69) is 10.4 Å². The van der Waals surface area contributed by atoms with Gasteiger partial charge in [0.25, 0.3) is 5.91 Å². The second-order valence-corrected chi connectivity index (χ2v) is 6.40. The van der Waals surface area contributed by atoms with Gasteiger partial charge in [0, 0.05) is 28.4 Å². The molecular formula is C17H17ClF3N3O.